The number of furan rings is 1. The topological polar surface area (TPSA) is 55.1 Å². The van der Waals surface area contributed by atoms with Gasteiger partial charge in [0, 0.05) is 18.0 Å². The summed E-state index contributed by atoms with van der Waals surface area (Å²) < 4.78 is 5.91. The second-order valence-corrected chi connectivity index (χ2v) is 6.63. The second-order valence-electron chi connectivity index (χ2n) is 6.63. The molecule has 3 aromatic rings. The number of hydrogen-bond acceptors (Lipinski definition) is 5. The summed E-state index contributed by atoms with van der Waals surface area (Å²) in [5.74, 6) is 2.30. The van der Waals surface area contributed by atoms with Crippen LogP contribution in [0.5, 0.6) is 0 Å². The number of nitrogens with zero attached hydrogens (tertiary/aromatic N) is 4. The molecule has 2 aromatic heterocycles. The van der Waals surface area contributed by atoms with Crippen molar-refractivity contribution in [3.8, 4) is 11.5 Å². The van der Waals surface area contributed by atoms with Gasteiger partial charge in [0.05, 0.1) is 6.20 Å². The molecule has 3 heterocycles. The highest BCUT2D eigenvalue weighted by Crippen LogP contribution is 2.37. The summed E-state index contributed by atoms with van der Waals surface area (Å²) in [5, 5.41) is 9.54. The fourth-order valence-corrected chi connectivity index (χ4v) is 4.03. The highest BCUT2D eigenvalue weighted by atomic mass is 16.3. The Morgan fingerprint density at radius 2 is 2.13 bits per heavy atom. The van der Waals surface area contributed by atoms with Crippen LogP contribution in [0.25, 0.3) is 22.4 Å². The molecule has 1 aliphatic carbocycles. The minimum absolute atomic E-state index is 0.585. The van der Waals surface area contributed by atoms with E-state index in [1.807, 2.05) is 30.3 Å². The van der Waals surface area contributed by atoms with Gasteiger partial charge in [-0.15, -0.1) is 5.10 Å². The number of fused-ring (bicyclic) bond motifs is 3. The second kappa shape index (κ2) is 5.05. The van der Waals surface area contributed by atoms with Crippen LogP contribution in [0.1, 0.15) is 25.7 Å². The predicted molar refractivity (Wildman–Crippen MR) is 88.1 cm³/mol. The first-order valence-electron chi connectivity index (χ1n) is 8.32. The van der Waals surface area contributed by atoms with Gasteiger partial charge in [0.2, 0.25) is 5.95 Å². The maximum absolute atomic E-state index is 5.91. The van der Waals surface area contributed by atoms with Crippen molar-refractivity contribution in [2.45, 2.75) is 31.7 Å². The molecule has 1 saturated carbocycles. The van der Waals surface area contributed by atoms with Gasteiger partial charge in [-0.3, -0.25) is 0 Å². The Balaban J connectivity index is 1.52. The molecule has 5 rings (SSSR count). The number of para-hydroxylation sites is 1. The number of benzene rings is 1. The van der Waals surface area contributed by atoms with Crippen molar-refractivity contribution >= 4 is 16.9 Å². The summed E-state index contributed by atoms with van der Waals surface area (Å²) >= 11 is 0. The molecule has 2 atom stereocenters. The van der Waals surface area contributed by atoms with Crippen molar-refractivity contribution in [3.63, 3.8) is 0 Å². The molecule has 5 heteroatoms. The molecule has 1 aromatic carbocycles. The van der Waals surface area contributed by atoms with E-state index in [0.717, 1.165) is 40.8 Å². The monoisotopic (exact) mass is 306 g/mol. The molecular weight excluding hydrogens is 288 g/mol. The van der Waals surface area contributed by atoms with Gasteiger partial charge in [-0.1, -0.05) is 24.6 Å². The summed E-state index contributed by atoms with van der Waals surface area (Å²) in [6, 6.07) is 10.6. The van der Waals surface area contributed by atoms with Gasteiger partial charge in [-0.2, -0.15) is 5.10 Å². The van der Waals surface area contributed by atoms with Crippen LogP contribution in [0.4, 0.5) is 5.95 Å². The Kier molecular flexibility index (Phi) is 2.86. The van der Waals surface area contributed by atoms with Crippen molar-refractivity contribution in [1.82, 2.24) is 15.2 Å². The molecule has 1 aliphatic heterocycles. The van der Waals surface area contributed by atoms with Crippen LogP contribution >= 0.6 is 0 Å². The molecule has 0 radical (unpaired) electrons. The Hall–Kier alpha value is -2.43. The fourth-order valence-electron chi connectivity index (χ4n) is 4.03. The molecule has 116 valence electrons. The summed E-state index contributed by atoms with van der Waals surface area (Å²) in [6.07, 6.45) is 6.86. The fraction of sp³-hybridized carbons (Fsp3) is 0.389. The third-order valence-electron chi connectivity index (χ3n) is 5.13. The highest BCUT2D eigenvalue weighted by Gasteiger charge is 2.36. The van der Waals surface area contributed by atoms with Crippen LogP contribution in [0.2, 0.25) is 0 Å². The third kappa shape index (κ3) is 2.19. The quantitative estimate of drug-likeness (QED) is 0.723. The van der Waals surface area contributed by atoms with Crippen LogP contribution in [-0.2, 0) is 0 Å². The average molecular weight is 306 g/mol. The number of aromatic nitrogens is 3. The molecule has 23 heavy (non-hydrogen) atoms. The summed E-state index contributed by atoms with van der Waals surface area (Å²) in [4.78, 5) is 7.08. The zero-order valence-electron chi connectivity index (χ0n) is 12.9. The highest BCUT2D eigenvalue weighted by molar-refractivity contribution is 5.82. The average Bonchev–Trinajstić information content (AvgIpc) is 3.16. The normalized spacial score (nSPS) is 23.6. The lowest BCUT2D eigenvalue weighted by Gasteiger charge is -2.24. The van der Waals surface area contributed by atoms with Gasteiger partial charge < -0.3 is 9.32 Å². The first-order chi connectivity index (χ1) is 11.4. The van der Waals surface area contributed by atoms with E-state index in [1.165, 1.54) is 25.7 Å². The molecule has 5 nitrogen and oxygen atoms in total. The van der Waals surface area contributed by atoms with Gasteiger partial charge in [0.1, 0.15) is 11.3 Å². The molecule has 2 bridgehead atoms. The summed E-state index contributed by atoms with van der Waals surface area (Å²) in [6.45, 7) is 1.07. The van der Waals surface area contributed by atoms with E-state index in [-0.39, 0.29) is 0 Å². The van der Waals surface area contributed by atoms with Crippen LogP contribution in [0.15, 0.2) is 40.9 Å². The minimum atomic E-state index is 0.585. The zero-order chi connectivity index (χ0) is 15.2. The van der Waals surface area contributed by atoms with Crippen LogP contribution in [0, 0.1) is 5.92 Å². The molecule has 1 saturated heterocycles. The van der Waals surface area contributed by atoms with E-state index in [0.29, 0.717) is 6.04 Å². The van der Waals surface area contributed by atoms with E-state index in [2.05, 4.69) is 15.1 Å². The van der Waals surface area contributed by atoms with Crippen LogP contribution < -0.4 is 4.90 Å². The van der Waals surface area contributed by atoms with Crippen LogP contribution in [-0.4, -0.2) is 27.8 Å². The minimum Gasteiger partial charge on any atom is -0.454 e. The molecule has 0 amide bonds. The molecular formula is C18H18N4O. The van der Waals surface area contributed by atoms with Crippen LogP contribution in [0.3, 0.4) is 0 Å². The van der Waals surface area contributed by atoms with Gasteiger partial charge in [0.15, 0.2) is 5.76 Å². The molecule has 0 unspecified atom stereocenters. The van der Waals surface area contributed by atoms with Crippen molar-refractivity contribution in [3.05, 3.63) is 36.5 Å². The van der Waals surface area contributed by atoms with Gasteiger partial charge in [0.25, 0.3) is 0 Å². The Morgan fingerprint density at radius 1 is 1.17 bits per heavy atom. The third-order valence-corrected chi connectivity index (χ3v) is 5.13. The van der Waals surface area contributed by atoms with Crippen molar-refractivity contribution < 1.29 is 4.42 Å². The van der Waals surface area contributed by atoms with Gasteiger partial charge in [-0.05, 0) is 37.3 Å². The van der Waals surface area contributed by atoms with E-state index >= 15 is 0 Å². The smallest absolute Gasteiger partial charge is 0.246 e. The maximum Gasteiger partial charge on any atom is 0.246 e. The van der Waals surface area contributed by atoms with E-state index in [4.69, 9.17) is 9.40 Å². The van der Waals surface area contributed by atoms with E-state index in [1.54, 1.807) is 6.20 Å². The van der Waals surface area contributed by atoms with E-state index in [9.17, 15) is 0 Å². The lowest BCUT2D eigenvalue weighted by Crippen LogP contribution is -2.30. The van der Waals surface area contributed by atoms with Crippen molar-refractivity contribution in [2.75, 3.05) is 11.4 Å². The number of rotatable bonds is 2. The Bertz CT molecular complexity index is 826. The van der Waals surface area contributed by atoms with E-state index < -0.39 is 0 Å². The molecule has 2 aliphatic rings. The SMILES string of the molecule is c1ccc2oc(-c3cnnc(N4C[C@@H]5CCC[C@H]4C5)n3)cc2c1. The standard InChI is InChI=1S/C18H18N4O/c1-2-7-16-13(5-1)9-17(23-16)15-10-19-21-18(20-15)22-11-12-4-3-6-14(22)8-12/h1-2,5,7,9-10,12,14H,3-4,6,8,11H2/t12-,14+/m1/s1. The Morgan fingerprint density at radius 3 is 3.04 bits per heavy atom. The van der Waals surface area contributed by atoms with Gasteiger partial charge in [-0.25, -0.2) is 4.98 Å². The molecule has 2 fully saturated rings. The lowest BCUT2D eigenvalue weighted by molar-refractivity contribution is 0.414. The summed E-state index contributed by atoms with van der Waals surface area (Å²) in [7, 11) is 0. The maximum atomic E-state index is 5.91. The zero-order valence-corrected chi connectivity index (χ0v) is 12.9. The van der Waals surface area contributed by atoms with Gasteiger partial charge >= 0.3 is 0 Å². The van der Waals surface area contributed by atoms with Crippen molar-refractivity contribution in [2.24, 2.45) is 5.92 Å². The lowest BCUT2D eigenvalue weighted by atomic mass is 9.91. The first kappa shape index (κ1) is 13.0. The molecule has 0 spiro atoms. The molecule has 0 N–H and O–H groups in total. The predicted octanol–water partition coefficient (Wildman–Crippen LogP) is 3.66. The summed E-state index contributed by atoms with van der Waals surface area (Å²) in [5.41, 5.74) is 1.63. The number of anilines is 1. The van der Waals surface area contributed by atoms with Crippen molar-refractivity contribution in [1.29, 1.82) is 0 Å². The number of hydrogen-bond donors (Lipinski definition) is 0. The Labute approximate surface area is 134 Å². The first-order valence-corrected chi connectivity index (χ1v) is 8.32. The largest absolute Gasteiger partial charge is 0.454 e.